The molecular weight excluding hydrogens is 458 g/mol. The van der Waals surface area contributed by atoms with Gasteiger partial charge in [-0.15, -0.1) is 0 Å². The SMILES string of the molecule is COc1ccc(NS(=O)(=O)c2ccc(C(=O)OCc3ccc(Br)cc3)cc2)cc1. The normalized spacial score (nSPS) is 11.0. The van der Waals surface area contributed by atoms with Gasteiger partial charge < -0.3 is 9.47 Å². The lowest BCUT2D eigenvalue weighted by Crippen LogP contribution is -2.13. The zero-order valence-electron chi connectivity index (χ0n) is 15.5. The summed E-state index contributed by atoms with van der Waals surface area (Å²) in [6, 6.07) is 19.5. The van der Waals surface area contributed by atoms with Gasteiger partial charge >= 0.3 is 5.97 Å². The van der Waals surface area contributed by atoms with Crippen molar-refractivity contribution in [2.45, 2.75) is 11.5 Å². The predicted molar refractivity (Wildman–Crippen MR) is 114 cm³/mol. The molecule has 29 heavy (non-hydrogen) atoms. The first kappa shape index (κ1) is 20.9. The van der Waals surface area contributed by atoms with Crippen LogP contribution in [0.3, 0.4) is 0 Å². The first-order chi connectivity index (χ1) is 13.9. The largest absolute Gasteiger partial charge is 0.497 e. The number of hydrogen-bond acceptors (Lipinski definition) is 5. The summed E-state index contributed by atoms with van der Waals surface area (Å²) in [5, 5.41) is 0. The lowest BCUT2D eigenvalue weighted by molar-refractivity contribution is 0.0472. The van der Waals surface area contributed by atoms with E-state index in [2.05, 4.69) is 20.7 Å². The summed E-state index contributed by atoms with van der Waals surface area (Å²) in [5.74, 6) is 0.0962. The molecule has 0 unspecified atom stereocenters. The molecule has 3 rings (SSSR count). The minimum absolute atomic E-state index is 0.0396. The fourth-order valence-corrected chi connectivity index (χ4v) is 3.78. The number of anilines is 1. The van der Waals surface area contributed by atoms with Crippen molar-refractivity contribution in [3.8, 4) is 5.75 Å². The van der Waals surface area contributed by atoms with Crippen LogP contribution in [0.15, 0.2) is 82.2 Å². The number of halogens is 1. The lowest BCUT2D eigenvalue weighted by atomic mass is 10.2. The quantitative estimate of drug-likeness (QED) is 0.504. The predicted octanol–water partition coefficient (Wildman–Crippen LogP) is 4.62. The molecular formula is C21H18BrNO5S. The number of carbonyl (C=O) groups excluding carboxylic acids is 1. The van der Waals surface area contributed by atoms with Crippen molar-refractivity contribution in [3.63, 3.8) is 0 Å². The molecule has 0 fully saturated rings. The van der Waals surface area contributed by atoms with Gasteiger partial charge in [-0.2, -0.15) is 0 Å². The molecule has 0 saturated carbocycles. The average Bonchev–Trinajstić information content (AvgIpc) is 2.73. The topological polar surface area (TPSA) is 81.7 Å². The second-order valence-electron chi connectivity index (χ2n) is 6.06. The first-order valence-electron chi connectivity index (χ1n) is 8.56. The van der Waals surface area contributed by atoms with E-state index in [1.165, 1.54) is 31.4 Å². The third-order valence-electron chi connectivity index (χ3n) is 4.03. The number of methoxy groups -OCH3 is 1. The highest BCUT2D eigenvalue weighted by Crippen LogP contribution is 2.20. The number of nitrogens with one attached hydrogen (secondary N) is 1. The highest BCUT2D eigenvalue weighted by Gasteiger charge is 2.16. The van der Waals surface area contributed by atoms with Gasteiger partial charge in [0.15, 0.2) is 0 Å². The molecule has 0 atom stereocenters. The van der Waals surface area contributed by atoms with E-state index in [1.807, 2.05) is 24.3 Å². The van der Waals surface area contributed by atoms with E-state index in [0.29, 0.717) is 11.4 Å². The highest BCUT2D eigenvalue weighted by atomic mass is 79.9. The number of rotatable bonds is 7. The van der Waals surface area contributed by atoms with Gasteiger partial charge in [-0.25, -0.2) is 13.2 Å². The van der Waals surface area contributed by atoms with Crippen LogP contribution in [-0.4, -0.2) is 21.5 Å². The number of carbonyl (C=O) groups is 1. The molecule has 3 aromatic rings. The van der Waals surface area contributed by atoms with E-state index in [4.69, 9.17) is 9.47 Å². The summed E-state index contributed by atoms with van der Waals surface area (Å²) in [7, 11) is -2.25. The Labute approximate surface area is 177 Å². The summed E-state index contributed by atoms with van der Waals surface area (Å²) >= 11 is 3.34. The van der Waals surface area contributed by atoms with Gasteiger partial charge in [0.05, 0.1) is 17.6 Å². The van der Waals surface area contributed by atoms with Gasteiger partial charge in [0.2, 0.25) is 0 Å². The Morgan fingerprint density at radius 1 is 0.931 bits per heavy atom. The maximum atomic E-state index is 12.5. The maximum Gasteiger partial charge on any atom is 0.338 e. The molecule has 0 spiro atoms. The van der Waals surface area contributed by atoms with E-state index in [1.54, 1.807) is 24.3 Å². The summed E-state index contributed by atoms with van der Waals surface area (Å²) in [4.78, 5) is 12.2. The van der Waals surface area contributed by atoms with Crippen LogP contribution >= 0.6 is 15.9 Å². The van der Waals surface area contributed by atoms with Gasteiger partial charge in [0.25, 0.3) is 10.0 Å². The van der Waals surface area contributed by atoms with Crippen molar-refractivity contribution < 1.29 is 22.7 Å². The van der Waals surface area contributed by atoms with E-state index < -0.39 is 16.0 Å². The van der Waals surface area contributed by atoms with Gasteiger partial charge in [-0.3, -0.25) is 4.72 Å². The standard InChI is InChI=1S/C21H18BrNO5S/c1-27-19-10-8-18(9-11-19)23-29(25,26)20-12-4-16(5-13-20)21(24)28-14-15-2-6-17(22)7-3-15/h2-13,23H,14H2,1H3. The third-order valence-corrected chi connectivity index (χ3v) is 5.95. The molecule has 0 aliphatic heterocycles. The van der Waals surface area contributed by atoms with Crippen LogP contribution < -0.4 is 9.46 Å². The van der Waals surface area contributed by atoms with E-state index >= 15 is 0 Å². The van der Waals surface area contributed by atoms with Crippen molar-refractivity contribution in [2.24, 2.45) is 0 Å². The number of sulfonamides is 1. The lowest BCUT2D eigenvalue weighted by Gasteiger charge is -2.10. The summed E-state index contributed by atoms with van der Waals surface area (Å²) in [5.41, 5.74) is 1.53. The van der Waals surface area contributed by atoms with E-state index in [9.17, 15) is 13.2 Å². The van der Waals surface area contributed by atoms with Crippen LogP contribution in [-0.2, 0) is 21.4 Å². The van der Waals surface area contributed by atoms with Gasteiger partial charge in [-0.05, 0) is 66.2 Å². The minimum atomic E-state index is -3.78. The Bertz CT molecular complexity index is 1080. The van der Waals surface area contributed by atoms with E-state index in [-0.39, 0.29) is 17.1 Å². The van der Waals surface area contributed by atoms with Gasteiger partial charge in [-0.1, -0.05) is 28.1 Å². The van der Waals surface area contributed by atoms with Gasteiger partial charge in [0, 0.05) is 10.2 Å². The zero-order valence-corrected chi connectivity index (χ0v) is 17.9. The fraction of sp³-hybridized carbons (Fsp3) is 0.0952. The molecule has 0 aromatic heterocycles. The van der Waals surface area contributed by atoms with Crippen LogP contribution in [0.5, 0.6) is 5.75 Å². The van der Waals surface area contributed by atoms with Crippen LogP contribution in [0.1, 0.15) is 15.9 Å². The molecule has 0 aliphatic carbocycles. The Morgan fingerprint density at radius 3 is 2.14 bits per heavy atom. The molecule has 0 saturated heterocycles. The van der Waals surface area contributed by atoms with Crippen molar-refractivity contribution in [3.05, 3.63) is 88.4 Å². The van der Waals surface area contributed by atoms with Crippen LogP contribution in [0, 0.1) is 0 Å². The number of esters is 1. The van der Waals surface area contributed by atoms with Crippen molar-refractivity contribution in [1.29, 1.82) is 0 Å². The summed E-state index contributed by atoms with van der Waals surface area (Å²) < 4.78 is 38.8. The summed E-state index contributed by atoms with van der Waals surface area (Å²) in [6.07, 6.45) is 0. The smallest absolute Gasteiger partial charge is 0.338 e. The number of hydrogen-bond donors (Lipinski definition) is 1. The maximum absolute atomic E-state index is 12.5. The van der Waals surface area contributed by atoms with Crippen molar-refractivity contribution in [2.75, 3.05) is 11.8 Å². The van der Waals surface area contributed by atoms with Crippen LogP contribution in [0.4, 0.5) is 5.69 Å². The second-order valence-corrected chi connectivity index (χ2v) is 8.66. The number of benzene rings is 3. The number of ether oxygens (including phenoxy) is 2. The fourth-order valence-electron chi connectivity index (χ4n) is 2.46. The Morgan fingerprint density at radius 2 is 1.55 bits per heavy atom. The molecule has 0 radical (unpaired) electrons. The molecule has 1 N–H and O–H groups in total. The van der Waals surface area contributed by atoms with Crippen molar-refractivity contribution >= 4 is 37.6 Å². The molecule has 150 valence electrons. The van der Waals surface area contributed by atoms with Crippen LogP contribution in [0.2, 0.25) is 0 Å². The molecule has 8 heteroatoms. The second kappa shape index (κ2) is 9.11. The van der Waals surface area contributed by atoms with Crippen molar-refractivity contribution in [1.82, 2.24) is 0 Å². The monoisotopic (exact) mass is 475 g/mol. The Hall–Kier alpha value is -2.84. The first-order valence-corrected chi connectivity index (χ1v) is 10.8. The average molecular weight is 476 g/mol. The molecule has 0 heterocycles. The molecule has 6 nitrogen and oxygen atoms in total. The van der Waals surface area contributed by atoms with Gasteiger partial charge in [0.1, 0.15) is 12.4 Å². The van der Waals surface area contributed by atoms with E-state index in [0.717, 1.165) is 10.0 Å². The molecule has 0 aliphatic rings. The molecule has 3 aromatic carbocycles. The zero-order chi connectivity index (χ0) is 20.9. The Balaban J connectivity index is 1.64. The third kappa shape index (κ3) is 5.58. The molecule has 0 amide bonds. The minimum Gasteiger partial charge on any atom is -0.497 e. The van der Waals surface area contributed by atoms with Crippen LogP contribution in [0.25, 0.3) is 0 Å². The Kier molecular flexibility index (Phi) is 6.56. The molecule has 0 bridgehead atoms. The summed E-state index contributed by atoms with van der Waals surface area (Å²) in [6.45, 7) is 0.130. The highest BCUT2D eigenvalue weighted by molar-refractivity contribution is 9.10.